The Balaban J connectivity index is 1.86. The molecule has 0 radical (unpaired) electrons. The lowest BCUT2D eigenvalue weighted by molar-refractivity contribution is 0.0600. The fourth-order valence-electron chi connectivity index (χ4n) is 3.40. The van der Waals surface area contributed by atoms with Crippen LogP contribution in [0.4, 0.5) is 0 Å². The van der Waals surface area contributed by atoms with E-state index in [0.29, 0.717) is 5.56 Å². The lowest BCUT2D eigenvalue weighted by Crippen LogP contribution is -2.28. The fourth-order valence-corrected chi connectivity index (χ4v) is 3.40. The summed E-state index contributed by atoms with van der Waals surface area (Å²) in [6, 6.07) is 11.3. The molecular weight excluding hydrogens is 302 g/mol. The summed E-state index contributed by atoms with van der Waals surface area (Å²) in [6.45, 7) is 3.89. The largest absolute Gasteiger partial charge is 0.465 e. The first-order valence-electron chi connectivity index (χ1n) is 8.09. The summed E-state index contributed by atoms with van der Waals surface area (Å²) >= 11 is 0. The number of hydrogen-bond acceptors (Lipinski definition) is 3. The molecule has 4 nitrogen and oxygen atoms in total. The van der Waals surface area contributed by atoms with Crippen molar-refractivity contribution in [1.82, 2.24) is 5.32 Å². The molecule has 4 heteroatoms. The number of esters is 1. The molecule has 0 aromatic heterocycles. The van der Waals surface area contributed by atoms with Gasteiger partial charge in [-0.25, -0.2) is 4.79 Å². The van der Waals surface area contributed by atoms with Crippen molar-refractivity contribution >= 4 is 11.9 Å². The van der Waals surface area contributed by atoms with Crippen LogP contribution in [-0.2, 0) is 11.2 Å². The van der Waals surface area contributed by atoms with Crippen molar-refractivity contribution in [2.45, 2.75) is 32.7 Å². The number of benzene rings is 2. The van der Waals surface area contributed by atoms with Crippen LogP contribution in [0.1, 0.15) is 55.4 Å². The summed E-state index contributed by atoms with van der Waals surface area (Å²) < 4.78 is 4.79. The van der Waals surface area contributed by atoms with Crippen LogP contribution < -0.4 is 5.32 Å². The van der Waals surface area contributed by atoms with Gasteiger partial charge in [-0.15, -0.1) is 0 Å². The topological polar surface area (TPSA) is 55.4 Å². The van der Waals surface area contributed by atoms with Crippen LogP contribution in [0.25, 0.3) is 0 Å². The number of carbonyl (C=O) groups excluding carboxylic acids is 2. The summed E-state index contributed by atoms with van der Waals surface area (Å²) in [5.74, 6) is -0.420. The first-order chi connectivity index (χ1) is 11.5. The van der Waals surface area contributed by atoms with Gasteiger partial charge in [0.25, 0.3) is 5.91 Å². The number of aryl methyl sites for hydroxylation is 3. The Morgan fingerprint density at radius 1 is 1.12 bits per heavy atom. The zero-order chi connectivity index (χ0) is 17.3. The molecule has 2 aromatic carbocycles. The Bertz CT molecular complexity index is 790. The van der Waals surface area contributed by atoms with Gasteiger partial charge in [0.15, 0.2) is 0 Å². The molecule has 2 aromatic rings. The fraction of sp³-hybridized carbons (Fsp3) is 0.300. The van der Waals surface area contributed by atoms with Gasteiger partial charge in [-0.05, 0) is 61.1 Å². The van der Waals surface area contributed by atoms with Gasteiger partial charge >= 0.3 is 5.97 Å². The normalized spacial score (nSPS) is 15.7. The second kappa shape index (κ2) is 6.48. The Kier molecular flexibility index (Phi) is 4.38. The van der Waals surface area contributed by atoms with Crippen molar-refractivity contribution in [3.63, 3.8) is 0 Å². The van der Waals surface area contributed by atoms with Gasteiger partial charge in [0.2, 0.25) is 0 Å². The zero-order valence-electron chi connectivity index (χ0n) is 14.2. The standard InChI is InChI=1S/C20H21NO3/c1-12-5-4-6-13(2)18(12)19(22)21-17-10-9-14-7-8-15(11-16(14)17)20(23)24-3/h4-8,11,17H,9-10H2,1-3H3,(H,21,22)/t17-/m1/s1. The second-order valence-corrected chi connectivity index (χ2v) is 6.24. The number of methoxy groups -OCH3 is 1. The zero-order valence-corrected chi connectivity index (χ0v) is 14.2. The molecule has 0 aliphatic heterocycles. The highest BCUT2D eigenvalue weighted by atomic mass is 16.5. The summed E-state index contributed by atoms with van der Waals surface area (Å²) in [4.78, 5) is 24.5. The Labute approximate surface area is 141 Å². The molecule has 0 spiro atoms. The quantitative estimate of drug-likeness (QED) is 0.880. The number of fused-ring (bicyclic) bond motifs is 1. The maximum atomic E-state index is 12.7. The molecule has 0 heterocycles. The summed E-state index contributed by atoms with van der Waals surface area (Å²) in [7, 11) is 1.37. The summed E-state index contributed by atoms with van der Waals surface area (Å²) in [5.41, 5.74) is 5.37. The molecule has 1 amide bonds. The van der Waals surface area contributed by atoms with E-state index in [0.717, 1.165) is 35.1 Å². The van der Waals surface area contributed by atoms with Crippen molar-refractivity contribution in [1.29, 1.82) is 0 Å². The number of hydrogen-bond donors (Lipinski definition) is 1. The summed E-state index contributed by atoms with van der Waals surface area (Å²) in [5, 5.41) is 3.13. The molecule has 3 rings (SSSR count). The van der Waals surface area contributed by atoms with E-state index in [4.69, 9.17) is 4.74 Å². The molecule has 1 atom stereocenters. The van der Waals surface area contributed by atoms with E-state index in [-0.39, 0.29) is 17.9 Å². The van der Waals surface area contributed by atoms with Crippen molar-refractivity contribution in [2.75, 3.05) is 7.11 Å². The first kappa shape index (κ1) is 16.2. The number of amides is 1. The maximum Gasteiger partial charge on any atom is 0.337 e. The predicted octanol–water partition coefficient (Wildman–Crippen LogP) is 3.51. The molecule has 1 N–H and O–H groups in total. The van der Waals surface area contributed by atoms with Crippen molar-refractivity contribution in [3.8, 4) is 0 Å². The van der Waals surface area contributed by atoms with E-state index in [1.807, 2.05) is 44.2 Å². The average Bonchev–Trinajstić information content (AvgIpc) is 2.96. The molecule has 0 saturated carbocycles. The first-order valence-corrected chi connectivity index (χ1v) is 8.09. The van der Waals surface area contributed by atoms with Gasteiger partial charge in [0.1, 0.15) is 0 Å². The van der Waals surface area contributed by atoms with Gasteiger partial charge in [-0.2, -0.15) is 0 Å². The number of ether oxygens (including phenoxy) is 1. The van der Waals surface area contributed by atoms with Crippen LogP contribution in [0.2, 0.25) is 0 Å². The number of nitrogens with one attached hydrogen (secondary N) is 1. The summed E-state index contributed by atoms with van der Waals surface area (Å²) in [6.07, 6.45) is 1.74. The van der Waals surface area contributed by atoms with Gasteiger partial charge in [0.05, 0.1) is 18.7 Å². The van der Waals surface area contributed by atoms with E-state index in [9.17, 15) is 9.59 Å². The van der Waals surface area contributed by atoms with Crippen molar-refractivity contribution in [2.24, 2.45) is 0 Å². The molecule has 24 heavy (non-hydrogen) atoms. The molecule has 1 aliphatic rings. The molecule has 0 bridgehead atoms. The minimum Gasteiger partial charge on any atom is -0.465 e. The minimum atomic E-state index is -0.357. The third-order valence-corrected chi connectivity index (χ3v) is 4.66. The highest BCUT2D eigenvalue weighted by molar-refractivity contribution is 5.97. The molecule has 124 valence electrons. The molecule has 0 saturated heterocycles. The van der Waals surface area contributed by atoms with Crippen LogP contribution in [0.15, 0.2) is 36.4 Å². The highest BCUT2D eigenvalue weighted by Gasteiger charge is 2.26. The van der Waals surface area contributed by atoms with Crippen molar-refractivity contribution in [3.05, 3.63) is 69.8 Å². The predicted molar refractivity (Wildman–Crippen MR) is 92.2 cm³/mol. The number of rotatable bonds is 3. The van der Waals surface area contributed by atoms with Gasteiger partial charge in [-0.3, -0.25) is 4.79 Å². The van der Waals surface area contributed by atoms with Crippen LogP contribution in [-0.4, -0.2) is 19.0 Å². The third-order valence-electron chi connectivity index (χ3n) is 4.66. The van der Waals surface area contributed by atoms with Crippen LogP contribution in [0.5, 0.6) is 0 Å². The Morgan fingerprint density at radius 3 is 2.50 bits per heavy atom. The van der Waals surface area contributed by atoms with Gasteiger partial charge in [0, 0.05) is 5.56 Å². The third kappa shape index (κ3) is 2.92. The van der Waals surface area contributed by atoms with Crippen molar-refractivity contribution < 1.29 is 14.3 Å². The van der Waals surface area contributed by atoms with E-state index in [1.165, 1.54) is 12.7 Å². The SMILES string of the molecule is COC(=O)c1ccc2c(c1)[C@H](NC(=O)c1c(C)cccc1C)CC2. The minimum absolute atomic E-state index is 0.0630. The van der Waals surface area contributed by atoms with E-state index >= 15 is 0 Å². The van der Waals surface area contributed by atoms with Crippen LogP contribution in [0, 0.1) is 13.8 Å². The Morgan fingerprint density at radius 2 is 1.83 bits per heavy atom. The van der Waals surface area contributed by atoms with Crippen LogP contribution >= 0.6 is 0 Å². The highest BCUT2D eigenvalue weighted by Crippen LogP contribution is 2.32. The van der Waals surface area contributed by atoms with Gasteiger partial charge in [-0.1, -0.05) is 24.3 Å². The molecule has 1 aliphatic carbocycles. The Hall–Kier alpha value is -2.62. The van der Waals surface area contributed by atoms with E-state index in [2.05, 4.69) is 5.32 Å². The molecule has 0 fully saturated rings. The molecular formula is C20H21NO3. The maximum absolute atomic E-state index is 12.7. The van der Waals surface area contributed by atoms with Crippen LogP contribution in [0.3, 0.4) is 0 Å². The monoisotopic (exact) mass is 323 g/mol. The lowest BCUT2D eigenvalue weighted by atomic mass is 10.0. The smallest absolute Gasteiger partial charge is 0.337 e. The second-order valence-electron chi connectivity index (χ2n) is 6.24. The molecule has 0 unspecified atom stereocenters. The average molecular weight is 323 g/mol. The number of carbonyl (C=O) groups is 2. The van der Waals surface area contributed by atoms with E-state index < -0.39 is 0 Å². The van der Waals surface area contributed by atoms with Gasteiger partial charge < -0.3 is 10.1 Å². The van der Waals surface area contributed by atoms with E-state index in [1.54, 1.807) is 6.07 Å². The lowest BCUT2D eigenvalue weighted by Gasteiger charge is -2.17.